The fraction of sp³-hybridized carbons (Fsp3) is 0.350. The van der Waals surface area contributed by atoms with Crippen molar-refractivity contribution in [1.29, 1.82) is 0 Å². The highest BCUT2D eigenvalue weighted by Crippen LogP contribution is 2.21. The van der Waals surface area contributed by atoms with E-state index in [0.717, 1.165) is 11.3 Å². The van der Waals surface area contributed by atoms with Crippen molar-refractivity contribution in [3.8, 4) is 5.75 Å². The second-order valence-corrected chi connectivity index (χ2v) is 6.11. The molecule has 0 bridgehead atoms. The molecule has 0 aliphatic carbocycles. The molecular weight excluding hydrogens is 286 g/mol. The Hall–Kier alpha value is -2.29. The maximum atomic E-state index is 12.3. The molecule has 23 heavy (non-hydrogen) atoms. The van der Waals surface area contributed by atoms with Gasteiger partial charge < -0.3 is 10.1 Å². The van der Waals surface area contributed by atoms with Crippen LogP contribution in [-0.4, -0.2) is 13.0 Å². The van der Waals surface area contributed by atoms with Crippen LogP contribution in [0.4, 0.5) is 0 Å². The van der Waals surface area contributed by atoms with E-state index in [1.54, 1.807) is 7.11 Å². The third kappa shape index (κ3) is 4.35. The van der Waals surface area contributed by atoms with E-state index in [2.05, 4.69) is 38.2 Å². The molecular formula is C20H25NO2. The van der Waals surface area contributed by atoms with Gasteiger partial charge in [-0.25, -0.2) is 0 Å². The first-order valence-electron chi connectivity index (χ1n) is 7.90. The highest BCUT2D eigenvalue weighted by atomic mass is 16.5. The molecule has 3 heteroatoms. The molecule has 0 saturated carbocycles. The van der Waals surface area contributed by atoms with E-state index in [9.17, 15) is 4.79 Å². The molecule has 0 spiro atoms. The van der Waals surface area contributed by atoms with Gasteiger partial charge in [0.1, 0.15) is 5.75 Å². The number of carbonyl (C=O) groups is 1. The fourth-order valence-electron chi connectivity index (χ4n) is 2.75. The topological polar surface area (TPSA) is 38.3 Å². The molecule has 122 valence electrons. The van der Waals surface area contributed by atoms with Crippen molar-refractivity contribution in [3.63, 3.8) is 0 Å². The number of amides is 1. The highest BCUT2D eigenvalue weighted by Gasteiger charge is 2.13. The van der Waals surface area contributed by atoms with Gasteiger partial charge in [-0.2, -0.15) is 0 Å². The Morgan fingerprint density at radius 3 is 2.26 bits per heavy atom. The van der Waals surface area contributed by atoms with Gasteiger partial charge in [-0.1, -0.05) is 24.3 Å². The Morgan fingerprint density at radius 2 is 1.65 bits per heavy atom. The van der Waals surface area contributed by atoms with E-state index in [4.69, 9.17) is 4.74 Å². The average Bonchev–Trinajstić information content (AvgIpc) is 2.51. The molecule has 2 aromatic carbocycles. The average molecular weight is 311 g/mol. The minimum atomic E-state index is 0.0000448. The lowest BCUT2D eigenvalue weighted by atomic mass is 9.96. The van der Waals surface area contributed by atoms with E-state index in [1.165, 1.54) is 22.3 Å². The predicted octanol–water partition coefficient (Wildman–Crippen LogP) is 4.04. The van der Waals surface area contributed by atoms with Gasteiger partial charge in [-0.05, 0) is 67.6 Å². The van der Waals surface area contributed by atoms with Crippen LogP contribution in [0.2, 0.25) is 0 Å². The monoisotopic (exact) mass is 311 g/mol. The quantitative estimate of drug-likeness (QED) is 0.905. The normalized spacial score (nSPS) is 11.9. The summed E-state index contributed by atoms with van der Waals surface area (Å²) in [4.78, 5) is 12.3. The summed E-state index contributed by atoms with van der Waals surface area (Å²) in [5.74, 6) is 0.827. The van der Waals surface area contributed by atoms with Gasteiger partial charge in [0.05, 0.1) is 19.6 Å². The maximum Gasteiger partial charge on any atom is 0.224 e. The largest absolute Gasteiger partial charge is 0.497 e. The Balaban J connectivity index is 2.03. The molecule has 1 N–H and O–H groups in total. The van der Waals surface area contributed by atoms with Crippen LogP contribution in [0.1, 0.15) is 40.8 Å². The van der Waals surface area contributed by atoms with Crippen LogP contribution >= 0.6 is 0 Å². The van der Waals surface area contributed by atoms with Crippen molar-refractivity contribution in [3.05, 3.63) is 64.2 Å². The van der Waals surface area contributed by atoms with Gasteiger partial charge in [-0.3, -0.25) is 4.79 Å². The Kier molecular flexibility index (Phi) is 5.43. The Labute approximate surface area is 138 Å². The smallest absolute Gasteiger partial charge is 0.224 e. The molecule has 1 atom stereocenters. The molecule has 0 fully saturated rings. The van der Waals surface area contributed by atoms with Crippen LogP contribution in [-0.2, 0) is 11.2 Å². The molecule has 2 rings (SSSR count). The zero-order chi connectivity index (χ0) is 17.0. The van der Waals surface area contributed by atoms with Crippen molar-refractivity contribution < 1.29 is 9.53 Å². The molecule has 0 heterocycles. The van der Waals surface area contributed by atoms with E-state index >= 15 is 0 Å². The van der Waals surface area contributed by atoms with Gasteiger partial charge in [0, 0.05) is 0 Å². The maximum absolute atomic E-state index is 12.3. The van der Waals surface area contributed by atoms with Crippen molar-refractivity contribution in [2.24, 2.45) is 0 Å². The van der Waals surface area contributed by atoms with Crippen molar-refractivity contribution in [1.82, 2.24) is 5.32 Å². The molecule has 1 amide bonds. The standard InChI is InChI=1S/C20H25NO2/c1-13-10-15(3)19(11-14(13)2)16(4)21-20(22)12-17-6-8-18(23-5)9-7-17/h6-11,16H,12H2,1-5H3,(H,21,22)/t16-/m1/s1. The number of methoxy groups -OCH3 is 1. The number of aryl methyl sites for hydroxylation is 3. The third-order valence-electron chi connectivity index (χ3n) is 4.25. The molecule has 0 aliphatic rings. The summed E-state index contributed by atoms with van der Waals surface area (Å²) in [6.45, 7) is 8.33. The molecule has 2 aromatic rings. The first-order chi connectivity index (χ1) is 10.9. The summed E-state index contributed by atoms with van der Waals surface area (Å²) in [5, 5.41) is 3.09. The number of ether oxygens (including phenoxy) is 1. The fourth-order valence-corrected chi connectivity index (χ4v) is 2.75. The SMILES string of the molecule is COc1ccc(CC(=O)N[C@H](C)c2cc(C)c(C)cc2C)cc1. The Morgan fingerprint density at radius 1 is 1.04 bits per heavy atom. The van der Waals surface area contributed by atoms with Crippen molar-refractivity contribution in [2.75, 3.05) is 7.11 Å². The highest BCUT2D eigenvalue weighted by molar-refractivity contribution is 5.79. The summed E-state index contributed by atoms with van der Waals surface area (Å²) in [5.41, 5.74) is 5.90. The number of carbonyl (C=O) groups excluding carboxylic acids is 1. The van der Waals surface area contributed by atoms with Crippen molar-refractivity contribution in [2.45, 2.75) is 40.2 Å². The van der Waals surface area contributed by atoms with Crippen LogP contribution in [0.25, 0.3) is 0 Å². The predicted molar refractivity (Wildman–Crippen MR) is 93.9 cm³/mol. The minimum absolute atomic E-state index is 0.0000448. The van der Waals surface area contributed by atoms with E-state index in [0.29, 0.717) is 6.42 Å². The minimum Gasteiger partial charge on any atom is -0.497 e. The number of hydrogen-bond donors (Lipinski definition) is 1. The van der Waals surface area contributed by atoms with Gasteiger partial charge in [0.15, 0.2) is 0 Å². The van der Waals surface area contributed by atoms with Gasteiger partial charge >= 0.3 is 0 Å². The molecule has 0 radical (unpaired) electrons. The summed E-state index contributed by atoms with van der Waals surface area (Å²) >= 11 is 0. The summed E-state index contributed by atoms with van der Waals surface area (Å²) in [6.07, 6.45) is 0.373. The molecule has 0 unspecified atom stereocenters. The van der Waals surface area contributed by atoms with Crippen LogP contribution in [0.5, 0.6) is 5.75 Å². The second kappa shape index (κ2) is 7.32. The third-order valence-corrected chi connectivity index (χ3v) is 4.25. The van der Waals surface area contributed by atoms with Crippen LogP contribution in [0.15, 0.2) is 36.4 Å². The molecule has 0 aromatic heterocycles. The lowest BCUT2D eigenvalue weighted by Crippen LogP contribution is -2.28. The zero-order valence-corrected chi connectivity index (χ0v) is 14.6. The van der Waals surface area contributed by atoms with Crippen LogP contribution in [0, 0.1) is 20.8 Å². The van der Waals surface area contributed by atoms with E-state index in [1.807, 2.05) is 31.2 Å². The zero-order valence-electron chi connectivity index (χ0n) is 14.6. The lowest BCUT2D eigenvalue weighted by Gasteiger charge is -2.18. The van der Waals surface area contributed by atoms with E-state index in [-0.39, 0.29) is 11.9 Å². The number of rotatable bonds is 5. The summed E-state index contributed by atoms with van der Waals surface area (Å²) in [6, 6.07) is 11.9. The molecule has 3 nitrogen and oxygen atoms in total. The summed E-state index contributed by atoms with van der Waals surface area (Å²) in [7, 11) is 1.63. The van der Waals surface area contributed by atoms with Gasteiger partial charge in [0.2, 0.25) is 5.91 Å². The first kappa shape index (κ1) is 17.1. The number of hydrogen-bond acceptors (Lipinski definition) is 2. The van der Waals surface area contributed by atoms with Gasteiger partial charge in [0.25, 0.3) is 0 Å². The van der Waals surface area contributed by atoms with Crippen molar-refractivity contribution >= 4 is 5.91 Å². The molecule has 0 aliphatic heterocycles. The van der Waals surface area contributed by atoms with E-state index < -0.39 is 0 Å². The second-order valence-electron chi connectivity index (χ2n) is 6.11. The van der Waals surface area contributed by atoms with Crippen LogP contribution in [0.3, 0.4) is 0 Å². The van der Waals surface area contributed by atoms with Crippen LogP contribution < -0.4 is 10.1 Å². The molecule has 0 saturated heterocycles. The Bertz CT molecular complexity index is 690. The van der Waals surface area contributed by atoms with Gasteiger partial charge in [-0.15, -0.1) is 0 Å². The summed E-state index contributed by atoms with van der Waals surface area (Å²) < 4.78 is 5.13. The first-order valence-corrected chi connectivity index (χ1v) is 7.90. The number of nitrogens with one attached hydrogen (secondary N) is 1. The number of benzene rings is 2. The lowest BCUT2D eigenvalue weighted by molar-refractivity contribution is -0.121.